The maximum Gasteiger partial charge on any atom is 0.0624 e. The molecule has 2 N–H and O–H groups in total. The normalized spacial score (nSPS) is 12.7. The van der Waals surface area contributed by atoms with Crippen molar-refractivity contribution in [3.63, 3.8) is 0 Å². The molecule has 0 saturated carbocycles. The van der Waals surface area contributed by atoms with Gasteiger partial charge in [0.25, 0.3) is 0 Å². The van der Waals surface area contributed by atoms with Crippen LogP contribution in [0, 0.1) is 0 Å². The minimum absolute atomic E-state index is 0.161. The Morgan fingerprint density at radius 1 is 1.25 bits per heavy atom. The van der Waals surface area contributed by atoms with Crippen molar-refractivity contribution in [1.82, 2.24) is 9.78 Å². The van der Waals surface area contributed by atoms with Crippen molar-refractivity contribution in [2.45, 2.75) is 39.3 Å². The molecule has 0 spiro atoms. The van der Waals surface area contributed by atoms with Gasteiger partial charge in [-0.25, -0.2) is 0 Å². The minimum atomic E-state index is -0.161. The van der Waals surface area contributed by atoms with Crippen molar-refractivity contribution < 1.29 is 0 Å². The fourth-order valence-electron chi connectivity index (χ4n) is 2.26. The third-order valence-electron chi connectivity index (χ3n) is 3.37. The Bertz CT molecular complexity index is 593. The van der Waals surface area contributed by atoms with Gasteiger partial charge in [-0.1, -0.05) is 36.2 Å². The van der Waals surface area contributed by atoms with Gasteiger partial charge in [0.15, 0.2) is 0 Å². The minimum Gasteiger partial charge on any atom is -0.324 e. The fourth-order valence-corrected chi connectivity index (χ4v) is 2.81. The molecule has 2 rings (SSSR count). The predicted octanol–water partition coefficient (Wildman–Crippen LogP) is 4.01. The number of hydrogen-bond acceptors (Lipinski definition) is 2. The van der Waals surface area contributed by atoms with Crippen LogP contribution in [0.2, 0.25) is 10.0 Å². The van der Waals surface area contributed by atoms with Gasteiger partial charge in [-0.15, -0.1) is 0 Å². The molecule has 0 saturated heterocycles. The number of hydrogen-bond donors (Lipinski definition) is 1. The van der Waals surface area contributed by atoms with Crippen LogP contribution in [0.25, 0.3) is 0 Å². The lowest BCUT2D eigenvalue weighted by Gasteiger charge is -2.14. The highest BCUT2D eigenvalue weighted by Gasteiger charge is 2.15. The second kappa shape index (κ2) is 6.61. The first kappa shape index (κ1) is 15.4. The Morgan fingerprint density at radius 3 is 2.60 bits per heavy atom. The Morgan fingerprint density at radius 2 is 2.00 bits per heavy atom. The van der Waals surface area contributed by atoms with Crippen molar-refractivity contribution in [3.05, 3.63) is 51.3 Å². The zero-order valence-electron chi connectivity index (χ0n) is 11.7. The van der Waals surface area contributed by atoms with E-state index >= 15 is 0 Å². The van der Waals surface area contributed by atoms with E-state index in [1.165, 1.54) is 0 Å². The van der Waals surface area contributed by atoms with Gasteiger partial charge in [0.1, 0.15) is 0 Å². The van der Waals surface area contributed by atoms with Crippen molar-refractivity contribution in [2.24, 2.45) is 5.73 Å². The quantitative estimate of drug-likeness (QED) is 0.906. The molecule has 1 aromatic heterocycles. The van der Waals surface area contributed by atoms with Crippen molar-refractivity contribution >= 4 is 23.2 Å². The molecule has 0 bridgehead atoms. The van der Waals surface area contributed by atoms with Crippen LogP contribution in [-0.2, 0) is 19.4 Å². The van der Waals surface area contributed by atoms with Gasteiger partial charge < -0.3 is 5.73 Å². The maximum absolute atomic E-state index is 6.28. The van der Waals surface area contributed by atoms with Gasteiger partial charge >= 0.3 is 0 Å². The molecular weight excluding hydrogens is 293 g/mol. The fraction of sp³-hybridized carbons (Fsp3) is 0.400. The van der Waals surface area contributed by atoms with Crippen LogP contribution in [0.5, 0.6) is 0 Å². The molecule has 5 heteroatoms. The summed E-state index contributed by atoms with van der Waals surface area (Å²) >= 11 is 12.1. The summed E-state index contributed by atoms with van der Waals surface area (Å²) in [4.78, 5) is 0. The molecule has 1 atom stereocenters. The van der Waals surface area contributed by atoms with E-state index in [9.17, 15) is 0 Å². The SMILES string of the molecule is CCc1cc(CC(N)c2ccc(Cl)cc2Cl)n(CC)n1. The van der Waals surface area contributed by atoms with Crippen molar-refractivity contribution in [3.8, 4) is 0 Å². The molecule has 0 aliphatic heterocycles. The maximum atomic E-state index is 6.28. The Labute approximate surface area is 129 Å². The number of nitrogens with zero attached hydrogens (tertiary/aromatic N) is 2. The first-order valence-corrected chi connectivity index (χ1v) is 7.56. The molecule has 1 unspecified atom stereocenters. The molecule has 0 radical (unpaired) electrons. The van der Waals surface area contributed by atoms with E-state index in [4.69, 9.17) is 28.9 Å². The second-order valence-electron chi connectivity index (χ2n) is 4.77. The average Bonchev–Trinajstić information content (AvgIpc) is 2.80. The van der Waals surface area contributed by atoms with E-state index in [1.54, 1.807) is 6.07 Å². The Balaban J connectivity index is 2.22. The van der Waals surface area contributed by atoms with Crippen LogP contribution < -0.4 is 5.73 Å². The van der Waals surface area contributed by atoms with Crippen molar-refractivity contribution in [2.75, 3.05) is 0 Å². The molecule has 1 heterocycles. The topological polar surface area (TPSA) is 43.8 Å². The van der Waals surface area contributed by atoms with Crippen LogP contribution in [-0.4, -0.2) is 9.78 Å². The summed E-state index contributed by atoms with van der Waals surface area (Å²) in [5.74, 6) is 0. The number of nitrogens with two attached hydrogens (primary N) is 1. The molecule has 1 aromatic carbocycles. The first-order chi connectivity index (χ1) is 9.55. The summed E-state index contributed by atoms with van der Waals surface area (Å²) in [7, 11) is 0. The predicted molar refractivity (Wildman–Crippen MR) is 84.4 cm³/mol. The molecule has 0 aliphatic carbocycles. The number of aromatic nitrogens is 2. The van der Waals surface area contributed by atoms with E-state index in [0.29, 0.717) is 16.5 Å². The van der Waals surface area contributed by atoms with Gasteiger partial charge in [0, 0.05) is 34.7 Å². The van der Waals surface area contributed by atoms with E-state index in [2.05, 4.69) is 25.0 Å². The zero-order valence-corrected chi connectivity index (χ0v) is 13.2. The first-order valence-electron chi connectivity index (χ1n) is 6.81. The highest BCUT2D eigenvalue weighted by Crippen LogP contribution is 2.27. The number of rotatable bonds is 5. The molecule has 0 aliphatic rings. The number of benzene rings is 1. The smallest absolute Gasteiger partial charge is 0.0624 e. The molecule has 20 heavy (non-hydrogen) atoms. The van der Waals surface area contributed by atoms with Gasteiger partial charge in [-0.2, -0.15) is 5.10 Å². The molecule has 0 fully saturated rings. The Kier molecular flexibility index (Phi) is 5.08. The third-order valence-corrected chi connectivity index (χ3v) is 3.93. The van der Waals surface area contributed by atoms with Gasteiger partial charge in [-0.05, 0) is 37.1 Å². The lowest BCUT2D eigenvalue weighted by molar-refractivity contribution is 0.585. The van der Waals surface area contributed by atoms with E-state index in [1.807, 2.05) is 16.8 Å². The van der Waals surface area contributed by atoms with Crippen LogP contribution in [0.15, 0.2) is 24.3 Å². The summed E-state index contributed by atoms with van der Waals surface area (Å²) in [6.07, 6.45) is 1.64. The van der Waals surface area contributed by atoms with Crippen LogP contribution in [0.3, 0.4) is 0 Å². The van der Waals surface area contributed by atoms with Gasteiger partial charge in [0.2, 0.25) is 0 Å². The van der Waals surface area contributed by atoms with Gasteiger partial charge in [0.05, 0.1) is 5.69 Å². The lowest BCUT2D eigenvalue weighted by Crippen LogP contribution is -2.16. The molecule has 3 nitrogen and oxygen atoms in total. The highest BCUT2D eigenvalue weighted by atomic mass is 35.5. The summed E-state index contributed by atoms with van der Waals surface area (Å²) in [6, 6.07) is 7.39. The van der Waals surface area contributed by atoms with Crippen LogP contribution in [0.4, 0.5) is 0 Å². The standard InChI is InChI=1S/C15H19Cl2N3/c1-3-11-8-12(20(4-2)19-11)9-15(18)13-6-5-10(16)7-14(13)17/h5-8,15H,3-4,9,18H2,1-2H3. The molecular formula is C15H19Cl2N3. The number of aryl methyl sites for hydroxylation is 2. The largest absolute Gasteiger partial charge is 0.324 e. The zero-order chi connectivity index (χ0) is 14.7. The summed E-state index contributed by atoms with van der Waals surface area (Å²) < 4.78 is 2.00. The highest BCUT2D eigenvalue weighted by molar-refractivity contribution is 6.35. The van der Waals surface area contributed by atoms with E-state index in [0.717, 1.165) is 29.9 Å². The number of halogens is 2. The molecule has 108 valence electrons. The second-order valence-corrected chi connectivity index (χ2v) is 5.62. The van der Waals surface area contributed by atoms with E-state index < -0.39 is 0 Å². The third kappa shape index (κ3) is 3.35. The van der Waals surface area contributed by atoms with Crippen molar-refractivity contribution in [1.29, 1.82) is 0 Å². The Hall–Kier alpha value is -1.03. The average molecular weight is 312 g/mol. The molecule has 2 aromatic rings. The summed E-state index contributed by atoms with van der Waals surface area (Å²) in [5.41, 5.74) is 9.43. The van der Waals surface area contributed by atoms with Crippen LogP contribution >= 0.6 is 23.2 Å². The van der Waals surface area contributed by atoms with E-state index in [-0.39, 0.29) is 6.04 Å². The monoisotopic (exact) mass is 311 g/mol. The lowest BCUT2D eigenvalue weighted by atomic mass is 10.0. The summed E-state index contributed by atoms with van der Waals surface area (Å²) in [6.45, 7) is 5.02. The van der Waals surface area contributed by atoms with Gasteiger partial charge in [-0.3, -0.25) is 4.68 Å². The summed E-state index contributed by atoms with van der Waals surface area (Å²) in [5, 5.41) is 5.77. The molecule has 0 amide bonds. The van der Waals surface area contributed by atoms with Crippen LogP contribution in [0.1, 0.15) is 36.8 Å².